The van der Waals surface area contributed by atoms with Crippen LogP contribution in [0.5, 0.6) is 0 Å². The van der Waals surface area contributed by atoms with E-state index in [0.717, 1.165) is 33.3 Å². The quantitative estimate of drug-likeness (QED) is 0.122. The highest BCUT2D eigenvalue weighted by Crippen LogP contribution is 2.38. The highest BCUT2D eigenvalue weighted by molar-refractivity contribution is 7.19. The molecule has 12 aromatic rings. The Bertz CT molecular complexity index is 3410. The first-order valence-electron chi connectivity index (χ1n) is 19.9. The summed E-state index contributed by atoms with van der Waals surface area (Å²) in [5, 5.41) is 12.5. The second-order valence-electron chi connectivity index (χ2n) is 15.3. The summed E-state index contributed by atoms with van der Waals surface area (Å²) in [5.41, 5.74) is 8.89. The number of fused-ring (bicyclic) bond motifs is 9. The van der Waals surface area contributed by atoms with Crippen molar-refractivity contribution in [1.82, 2.24) is 9.13 Å². The lowest BCUT2D eigenvalue weighted by atomic mass is 10.1. The average molecular weight is 757 g/mol. The van der Waals surface area contributed by atoms with Gasteiger partial charge in [-0.25, -0.2) is 0 Å². The molecule has 0 atom stereocenters. The molecular formula is C54H36N2OSi. The molecule has 0 saturated carbocycles. The van der Waals surface area contributed by atoms with E-state index in [4.69, 9.17) is 4.42 Å². The molecule has 9 aromatic carbocycles. The number of para-hydroxylation sites is 4. The molecule has 0 radical (unpaired) electrons. The highest BCUT2D eigenvalue weighted by atomic mass is 28.3. The van der Waals surface area contributed by atoms with Gasteiger partial charge in [0.05, 0.1) is 22.1 Å². The van der Waals surface area contributed by atoms with Crippen LogP contribution in [0.25, 0.3) is 76.9 Å². The zero-order valence-electron chi connectivity index (χ0n) is 31.6. The third kappa shape index (κ3) is 4.73. The van der Waals surface area contributed by atoms with Gasteiger partial charge in [-0.3, -0.25) is 0 Å². The van der Waals surface area contributed by atoms with E-state index in [-0.39, 0.29) is 0 Å². The number of benzene rings is 9. The second-order valence-corrected chi connectivity index (χ2v) is 19.1. The molecule has 0 saturated heterocycles. The molecular weight excluding hydrogens is 721 g/mol. The van der Waals surface area contributed by atoms with Crippen molar-refractivity contribution in [2.45, 2.75) is 0 Å². The number of furan rings is 1. The monoisotopic (exact) mass is 756 g/mol. The molecule has 272 valence electrons. The molecule has 0 spiro atoms. The fourth-order valence-corrected chi connectivity index (χ4v) is 14.5. The first-order valence-corrected chi connectivity index (χ1v) is 21.9. The minimum Gasteiger partial charge on any atom is -0.456 e. The van der Waals surface area contributed by atoms with E-state index < -0.39 is 8.07 Å². The summed E-state index contributed by atoms with van der Waals surface area (Å²) >= 11 is 0. The van der Waals surface area contributed by atoms with E-state index in [1.807, 2.05) is 6.07 Å². The standard InChI is InChI=1S/C54H36N2OSi/c1-3-17-39(18-4-1)58(40-19-5-2-6-20-40,41-32-30-37(31-33-41)55-49-26-11-7-22-43(49)44-23-8-12-27-50(44)55)42-21-15-16-38(34-42)56-51-28-13-9-24-45(51)47-36-54-48(35-52(47)56)46-25-10-14-29-53(46)57-54/h1-36H. The van der Waals surface area contributed by atoms with Crippen molar-refractivity contribution < 1.29 is 4.42 Å². The van der Waals surface area contributed by atoms with E-state index in [9.17, 15) is 0 Å². The van der Waals surface area contributed by atoms with Crippen LogP contribution in [-0.2, 0) is 0 Å². The van der Waals surface area contributed by atoms with Gasteiger partial charge in [-0.1, -0.05) is 158 Å². The van der Waals surface area contributed by atoms with E-state index in [2.05, 4.69) is 221 Å². The molecule has 3 aromatic heterocycles. The molecule has 4 heteroatoms. The van der Waals surface area contributed by atoms with Crippen molar-refractivity contribution in [2.24, 2.45) is 0 Å². The average Bonchev–Trinajstić information content (AvgIpc) is 3.94. The Labute approximate surface area is 336 Å². The van der Waals surface area contributed by atoms with Crippen LogP contribution in [0, 0.1) is 0 Å². The Morgan fingerprint density at radius 2 is 0.759 bits per heavy atom. The molecule has 3 heterocycles. The van der Waals surface area contributed by atoms with Crippen LogP contribution in [0.3, 0.4) is 0 Å². The fourth-order valence-electron chi connectivity index (χ4n) is 9.78. The van der Waals surface area contributed by atoms with Gasteiger partial charge in [0.2, 0.25) is 0 Å². The van der Waals surface area contributed by atoms with Crippen molar-refractivity contribution >= 4 is 94.4 Å². The predicted molar refractivity (Wildman–Crippen MR) is 246 cm³/mol. The fraction of sp³-hybridized carbons (Fsp3) is 0. The maximum atomic E-state index is 6.40. The minimum atomic E-state index is -2.90. The number of rotatable bonds is 6. The van der Waals surface area contributed by atoms with Gasteiger partial charge in [0, 0.05) is 43.7 Å². The van der Waals surface area contributed by atoms with Crippen LogP contribution >= 0.6 is 0 Å². The molecule has 0 aliphatic rings. The van der Waals surface area contributed by atoms with Gasteiger partial charge in [0.1, 0.15) is 11.2 Å². The molecule has 0 N–H and O–H groups in total. The van der Waals surface area contributed by atoms with Crippen LogP contribution < -0.4 is 20.7 Å². The van der Waals surface area contributed by atoms with Gasteiger partial charge in [-0.05, 0) is 81.4 Å². The molecule has 0 amide bonds. The number of hydrogen-bond acceptors (Lipinski definition) is 1. The normalized spacial score (nSPS) is 12.1. The summed E-state index contributed by atoms with van der Waals surface area (Å²) in [6, 6.07) is 80.4. The summed E-state index contributed by atoms with van der Waals surface area (Å²) in [7, 11) is -2.90. The molecule has 0 aliphatic carbocycles. The summed E-state index contributed by atoms with van der Waals surface area (Å²) in [4.78, 5) is 0. The molecule has 58 heavy (non-hydrogen) atoms. The molecule has 0 aliphatic heterocycles. The van der Waals surface area contributed by atoms with Gasteiger partial charge in [-0.2, -0.15) is 0 Å². The van der Waals surface area contributed by atoms with Crippen molar-refractivity contribution in [2.75, 3.05) is 0 Å². The molecule has 3 nitrogen and oxygen atoms in total. The van der Waals surface area contributed by atoms with Crippen molar-refractivity contribution in [1.29, 1.82) is 0 Å². The zero-order valence-corrected chi connectivity index (χ0v) is 32.6. The Morgan fingerprint density at radius 3 is 1.38 bits per heavy atom. The number of aromatic nitrogens is 2. The van der Waals surface area contributed by atoms with Crippen LogP contribution in [-0.4, -0.2) is 17.2 Å². The maximum absolute atomic E-state index is 6.40. The SMILES string of the molecule is c1ccc([Si](c2ccccc2)(c2ccc(-n3c4ccccc4c4ccccc43)cc2)c2cccc(-n3c4ccccc4c4cc5oc6ccccc6c5cc43)c2)cc1. The van der Waals surface area contributed by atoms with Gasteiger partial charge < -0.3 is 13.6 Å². The first kappa shape index (κ1) is 32.8. The van der Waals surface area contributed by atoms with E-state index in [1.54, 1.807) is 0 Å². The molecule has 12 rings (SSSR count). The van der Waals surface area contributed by atoms with Crippen LogP contribution in [0.4, 0.5) is 0 Å². The summed E-state index contributed by atoms with van der Waals surface area (Å²) in [6.45, 7) is 0. The lowest BCUT2D eigenvalue weighted by molar-refractivity contribution is 0.669. The Balaban J connectivity index is 1.11. The second kappa shape index (κ2) is 12.8. The molecule has 0 bridgehead atoms. The topological polar surface area (TPSA) is 23.0 Å². The molecule has 0 unspecified atom stereocenters. The first-order chi connectivity index (χ1) is 28.8. The lowest BCUT2D eigenvalue weighted by Crippen LogP contribution is -2.74. The summed E-state index contributed by atoms with van der Waals surface area (Å²) < 4.78 is 11.3. The Hall–Kier alpha value is -7.40. The maximum Gasteiger partial charge on any atom is 0.179 e. The van der Waals surface area contributed by atoms with Crippen molar-refractivity contribution in [3.63, 3.8) is 0 Å². The van der Waals surface area contributed by atoms with E-state index in [0.29, 0.717) is 0 Å². The van der Waals surface area contributed by atoms with Gasteiger partial charge in [0.15, 0.2) is 8.07 Å². The third-order valence-electron chi connectivity index (χ3n) is 12.3. The predicted octanol–water partition coefficient (Wildman–Crippen LogP) is 11.2. The van der Waals surface area contributed by atoms with E-state index in [1.165, 1.54) is 64.4 Å². The largest absolute Gasteiger partial charge is 0.456 e. The van der Waals surface area contributed by atoms with E-state index >= 15 is 0 Å². The van der Waals surface area contributed by atoms with Crippen LogP contribution in [0.15, 0.2) is 223 Å². The van der Waals surface area contributed by atoms with Crippen molar-refractivity contribution in [3.8, 4) is 11.4 Å². The summed E-state index contributed by atoms with van der Waals surface area (Å²) in [6.07, 6.45) is 0. The van der Waals surface area contributed by atoms with Crippen LogP contribution in [0.1, 0.15) is 0 Å². The summed E-state index contributed by atoms with van der Waals surface area (Å²) in [5.74, 6) is 0. The number of hydrogen-bond donors (Lipinski definition) is 0. The lowest BCUT2D eigenvalue weighted by Gasteiger charge is -2.35. The third-order valence-corrected chi connectivity index (χ3v) is 17.0. The molecule has 0 fully saturated rings. The van der Waals surface area contributed by atoms with Crippen molar-refractivity contribution in [3.05, 3.63) is 218 Å². The van der Waals surface area contributed by atoms with Gasteiger partial charge in [-0.15, -0.1) is 0 Å². The Morgan fingerprint density at radius 1 is 0.276 bits per heavy atom. The van der Waals surface area contributed by atoms with Crippen LogP contribution in [0.2, 0.25) is 0 Å². The minimum absolute atomic E-state index is 0.911. The highest BCUT2D eigenvalue weighted by Gasteiger charge is 2.41. The van der Waals surface area contributed by atoms with Gasteiger partial charge in [0.25, 0.3) is 0 Å². The Kier molecular flexibility index (Phi) is 7.25. The van der Waals surface area contributed by atoms with Gasteiger partial charge >= 0.3 is 0 Å². The zero-order chi connectivity index (χ0) is 38.2. The smallest absolute Gasteiger partial charge is 0.179 e. The number of nitrogens with zero attached hydrogens (tertiary/aromatic N) is 2.